The van der Waals surface area contributed by atoms with Gasteiger partial charge in [0.15, 0.2) is 0 Å². The number of hydrazone groups is 1. The second-order valence-corrected chi connectivity index (χ2v) is 10.4. The van der Waals surface area contributed by atoms with E-state index in [2.05, 4.69) is 20.9 Å². The molecule has 9 heteroatoms. The maximum absolute atomic E-state index is 13.6. The Morgan fingerprint density at radius 3 is 2.55 bits per heavy atom. The molecule has 1 amide bonds. The van der Waals surface area contributed by atoms with Crippen LogP contribution in [-0.4, -0.2) is 32.7 Å². The zero-order valence-electron chi connectivity index (χ0n) is 20.2. The lowest BCUT2D eigenvalue weighted by atomic mass is 9.91. The first kappa shape index (κ1) is 25.9. The molecule has 0 saturated heterocycles. The summed E-state index contributed by atoms with van der Waals surface area (Å²) < 4.78 is 0.852. The topological polar surface area (TPSA) is 103 Å². The standard InChI is InChI=1S/C29H23BrClN3O4/c30-19-9-4-8-18(14-19)24-16-23(33-34(24)25(35)10-5-11-26(36)37)28-27(17-6-2-1-3-7-17)21-15-20(31)12-13-22(21)32-29(28)38/h1-4,6-9,12-15,24H,5,10-11,16H2,(H,32,38)(H,36,37)/t24-/m1/s1. The van der Waals surface area contributed by atoms with Crippen molar-refractivity contribution < 1.29 is 14.7 Å². The van der Waals surface area contributed by atoms with Gasteiger partial charge in [0, 0.05) is 45.2 Å². The normalized spacial score (nSPS) is 15.1. The first-order valence-electron chi connectivity index (χ1n) is 12.1. The highest BCUT2D eigenvalue weighted by atomic mass is 79.9. The van der Waals surface area contributed by atoms with Gasteiger partial charge >= 0.3 is 5.97 Å². The van der Waals surface area contributed by atoms with Gasteiger partial charge in [0.25, 0.3) is 5.56 Å². The summed E-state index contributed by atoms with van der Waals surface area (Å²) in [7, 11) is 0. The molecule has 0 fully saturated rings. The molecule has 1 atom stereocenters. The fourth-order valence-electron chi connectivity index (χ4n) is 4.82. The molecule has 1 aromatic heterocycles. The lowest BCUT2D eigenvalue weighted by Gasteiger charge is -2.22. The molecular formula is C29H23BrClN3O4. The quantitative estimate of drug-likeness (QED) is 0.254. The summed E-state index contributed by atoms with van der Waals surface area (Å²) in [6.07, 6.45) is 0.435. The molecule has 38 heavy (non-hydrogen) atoms. The average molecular weight is 593 g/mol. The van der Waals surface area contributed by atoms with Gasteiger partial charge in [-0.15, -0.1) is 0 Å². The molecule has 0 bridgehead atoms. The second kappa shape index (κ2) is 10.9. The maximum atomic E-state index is 13.6. The number of hydrogen-bond donors (Lipinski definition) is 2. The van der Waals surface area contributed by atoms with Crippen molar-refractivity contribution in [3.8, 4) is 11.1 Å². The van der Waals surface area contributed by atoms with Crippen LogP contribution in [0.1, 0.15) is 42.9 Å². The monoisotopic (exact) mass is 591 g/mol. The van der Waals surface area contributed by atoms with Crippen molar-refractivity contribution in [1.29, 1.82) is 0 Å². The number of carbonyl (C=O) groups is 2. The van der Waals surface area contributed by atoms with Gasteiger partial charge in [-0.1, -0.05) is 70.0 Å². The van der Waals surface area contributed by atoms with Gasteiger partial charge in [-0.3, -0.25) is 14.4 Å². The number of nitrogens with zero attached hydrogens (tertiary/aromatic N) is 2. The van der Waals surface area contributed by atoms with E-state index >= 15 is 0 Å². The number of H-pyrrole nitrogens is 1. The minimum absolute atomic E-state index is 0.0306. The van der Waals surface area contributed by atoms with Crippen LogP contribution in [0, 0.1) is 0 Å². The number of benzene rings is 3. The Morgan fingerprint density at radius 2 is 1.82 bits per heavy atom. The Morgan fingerprint density at radius 1 is 1.03 bits per heavy atom. The second-order valence-electron chi connectivity index (χ2n) is 9.07. The van der Waals surface area contributed by atoms with Gasteiger partial charge in [-0.05, 0) is 47.9 Å². The zero-order valence-corrected chi connectivity index (χ0v) is 22.5. The number of fused-ring (bicyclic) bond motifs is 1. The molecule has 2 N–H and O–H groups in total. The van der Waals surface area contributed by atoms with Crippen LogP contribution < -0.4 is 5.56 Å². The van der Waals surface area contributed by atoms with E-state index < -0.39 is 12.0 Å². The summed E-state index contributed by atoms with van der Waals surface area (Å²) in [6.45, 7) is 0. The van der Waals surface area contributed by atoms with E-state index in [1.807, 2.05) is 60.7 Å². The number of carboxylic acids is 1. The molecule has 7 nitrogen and oxygen atoms in total. The molecule has 0 spiro atoms. The molecule has 5 rings (SSSR count). The minimum atomic E-state index is -0.958. The van der Waals surface area contributed by atoms with Crippen molar-refractivity contribution in [2.75, 3.05) is 0 Å². The highest BCUT2D eigenvalue weighted by Crippen LogP contribution is 2.38. The largest absolute Gasteiger partial charge is 0.481 e. The van der Waals surface area contributed by atoms with Gasteiger partial charge in [-0.25, -0.2) is 5.01 Å². The molecular weight excluding hydrogens is 570 g/mol. The molecule has 0 aliphatic carbocycles. The molecule has 1 aliphatic heterocycles. The third-order valence-corrected chi connectivity index (χ3v) is 7.24. The molecule has 1 aliphatic rings. The highest BCUT2D eigenvalue weighted by molar-refractivity contribution is 9.10. The van der Waals surface area contributed by atoms with E-state index in [9.17, 15) is 14.4 Å². The van der Waals surface area contributed by atoms with Gasteiger partial charge in [0.05, 0.1) is 17.3 Å². The first-order chi connectivity index (χ1) is 18.3. The highest BCUT2D eigenvalue weighted by Gasteiger charge is 2.35. The summed E-state index contributed by atoms with van der Waals surface area (Å²) in [6, 6.07) is 22.0. The van der Waals surface area contributed by atoms with Crippen molar-refractivity contribution in [3.63, 3.8) is 0 Å². The number of aromatic amines is 1. The van der Waals surface area contributed by atoms with E-state index in [1.165, 1.54) is 5.01 Å². The van der Waals surface area contributed by atoms with Crippen LogP contribution in [0.5, 0.6) is 0 Å². The molecule has 0 saturated carbocycles. The number of nitrogens with one attached hydrogen (secondary N) is 1. The molecule has 4 aromatic rings. The number of hydrogen-bond acceptors (Lipinski definition) is 4. The van der Waals surface area contributed by atoms with Crippen LogP contribution in [0.4, 0.5) is 0 Å². The van der Waals surface area contributed by atoms with E-state index in [0.29, 0.717) is 33.8 Å². The summed E-state index contributed by atoms with van der Waals surface area (Å²) >= 11 is 9.86. The van der Waals surface area contributed by atoms with Gasteiger partial charge in [0.2, 0.25) is 5.91 Å². The minimum Gasteiger partial charge on any atom is -0.481 e. The molecule has 0 unspecified atom stereocenters. The zero-order chi connectivity index (χ0) is 26.8. The maximum Gasteiger partial charge on any atom is 0.303 e. The van der Waals surface area contributed by atoms with Crippen LogP contribution >= 0.6 is 27.5 Å². The lowest BCUT2D eigenvalue weighted by Crippen LogP contribution is -2.27. The van der Waals surface area contributed by atoms with Crippen molar-refractivity contribution in [3.05, 3.63) is 104 Å². The number of pyridine rings is 1. The smallest absolute Gasteiger partial charge is 0.303 e. The van der Waals surface area contributed by atoms with E-state index in [1.54, 1.807) is 12.1 Å². The summed E-state index contributed by atoms with van der Waals surface area (Å²) in [4.78, 5) is 40.8. The van der Waals surface area contributed by atoms with Gasteiger partial charge in [-0.2, -0.15) is 5.10 Å². The van der Waals surface area contributed by atoms with Crippen LogP contribution in [0.3, 0.4) is 0 Å². The molecule has 0 radical (unpaired) electrons. The Hall–Kier alpha value is -3.75. The fourth-order valence-corrected chi connectivity index (χ4v) is 5.40. The van der Waals surface area contributed by atoms with Crippen molar-refractivity contribution >= 4 is 56.0 Å². The first-order valence-corrected chi connectivity index (χ1v) is 13.3. The van der Waals surface area contributed by atoms with Crippen LogP contribution in [0.2, 0.25) is 5.02 Å². The number of carbonyl (C=O) groups excluding carboxylic acids is 1. The molecule has 2 heterocycles. The Balaban J connectivity index is 1.67. The number of aromatic nitrogens is 1. The molecule has 3 aromatic carbocycles. The number of carboxylic acid groups (broad SMARTS) is 1. The Bertz CT molecular complexity index is 1630. The summed E-state index contributed by atoms with van der Waals surface area (Å²) in [5.74, 6) is -1.26. The van der Waals surface area contributed by atoms with Crippen LogP contribution in [-0.2, 0) is 9.59 Å². The third-order valence-electron chi connectivity index (χ3n) is 6.51. The van der Waals surface area contributed by atoms with Crippen molar-refractivity contribution in [2.45, 2.75) is 31.7 Å². The SMILES string of the molecule is O=C(O)CCCC(=O)N1N=C(c2c(-c3ccccc3)c3cc(Cl)ccc3[nH]c2=O)C[C@@H]1c1cccc(Br)c1. The predicted octanol–water partition coefficient (Wildman–Crippen LogP) is 6.54. The fraction of sp³-hybridized carbons (Fsp3) is 0.172. The van der Waals surface area contributed by atoms with E-state index in [-0.39, 0.29) is 30.7 Å². The van der Waals surface area contributed by atoms with E-state index in [0.717, 1.165) is 21.0 Å². The van der Waals surface area contributed by atoms with Gasteiger partial charge < -0.3 is 10.1 Å². The van der Waals surface area contributed by atoms with Crippen molar-refractivity contribution in [2.24, 2.45) is 5.10 Å². The number of amides is 1. The van der Waals surface area contributed by atoms with E-state index in [4.69, 9.17) is 21.8 Å². The number of halogens is 2. The number of aliphatic carboxylic acids is 1. The average Bonchev–Trinajstić information content (AvgIpc) is 3.34. The predicted molar refractivity (Wildman–Crippen MR) is 151 cm³/mol. The Labute approximate surface area is 231 Å². The number of rotatable bonds is 7. The third kappa shape index (κ3) is 5.28. The van der Waals surface area contributed by atoms with Crippen LogP contribution in [0.25, 0.3) is 22.0 Å². The van der Waals surface area contributed by atoms with Crippen molar-refractivity contribution in [1.82, 2.24) is 9.99 Å². The van der Waals surface area contributed by atoms with Gasteiger partial charge in [0.1, 0.15) is 0 Å². The lowest BCUT2D eigenvalue weighted by molar-refractivity contribution is -0.137. The van der Waals surface area contributed by atoms with Crippen LogP contribution in [0.15, 0.2) is 87.2 Å². The molecule has 192 valence electrons. The summed E-state index contributed by atoms with van der Waals surface area (Å²) in [5, 5.41) is 16.4. The Kier molecular flexibility index (Phi) is 7.44. The summed E-state index contributed by atoms with van der Waals surface area (Å²) in [5.41, 5.74) is 3.56.